The standard InChI is InChI=1S/C9H11BrN2O/c1-11-9-7(13-6-2-3-6)4-5-8(10)12-9/h4-6H,2-3H2,1H3,(H,11,12). The molecule has 1 N–H and O–H groups in total. The second-order valence-electron chi connectivity index (χ2n) is 3.05. The Kier molecular flexibility index (Phi) is 2.40. The fourth-order valence-corrected chi connectivity index (χ4v) is 1.37. The summed E-state index contributed by atoms with van der Waals surface area (Å²) in [5, 5.41) is 3.00. The van der Waals surface area contributed by atoms with Gasteiger partial charge in [0, 0.05) is 7.05 Å². The monoisotopic (exact) mass is 242 g/mol. The van der Waals surface area contributed by atoms with E-state index in [2.05, 4.69) is 26.2 Å². The highest BCUT2D eigenvalue weighted by Gasteiger charge is 2.24. The third kappa shape index (κ3) is 2.12. The molecule has 0 amide bonds. The van der Waals surface area contributed by atoms with Crippen molar-refractivity contribution in [3.63, 3.8) is 0 Å². The number of anilines is 1. The number of nitrogens with one attached hydrogen (secondary N) is 1. The van der Waals surface area contributed by atoms with Gasteiger partial charge < -0.3 is 10.1 Å². The van der Waals surface area contributed by atoms with Crippen LogP contribution in [0, 0.1) is 0 Å². The van der Waals surface area contributed by atoms with Crippen molar-refractivity contribution in [2.24, 2.45) is 0 Å². The summed E-state index contributed by atoms with van der Waals surface area (Å²) < 4.78 is 6.48. The Balaban J connectivity index is 2.21. The van der Waals surface area contributed by atoms with Crippen molar-refractivity contribution in [3.05, 3.63) is 16.7 Å². The molecular formula is C9H11BrN2O. The molecule has 1 aromatic heterocycles. The number of rotatable bonds is 3. The largest absolute Gasteiger partial charge is 0.487 e. The minimum Gasteiger partial charge on any atom is -0.487 e. The molecule has 0 radical (unpaired) electrons. The van der Waals surface area contributed by atoms with Crippen LogP contribution in [0.15, 0.2) is 16.7 Å². The lowest BCUT2D eigenvalue weighted by Crippen LogP contribution is -2.01. The zero-order valence-corrected chi connectivity index (χ0v) is 8.97. The van der Waals surface area contributed by atoms with Crippen molar-refractivity contribution in [2.75, 3.05) is 12.4 Å². The highest BCUT2D eigenvalue weighted by molar-refractivity contribution is 9.10. The molecule has 0 spiro atoms. The number of aromatic nitrogens is 1. The van der Waals surface area contributed by atoms with E-state index in [4.69, 9.17) is 4.74 Å². The molecule has 2 rings (SSSR count). The van der Waals surface area contributed by atoms with Crippen LogP contribution in [0.2, 0.25) is 0 Å². The molecular weight excluding hydrogens is 232 g/mol. The zero-order chi connectivity index (χ0) is 9.26. The second kappa shape index (κ2) is 3.54. The number of hydrogen-bond acceptors (Lipinski definition) is 3. The van der Waals surface area contributed by atoms with Crippen molar-refractivity contribution in [2.45, 2.75) is 18.9 Å². The normalized spacial score (nSPS) is 15.5. The maximum absolute atomic E-state index is 5.66. The van der Waals surface area contributed by atoms with Gasteiger partial charge in [0.05, 0.1) is 6.10 Å². The van der Waals surface area contributed by atoms with E-state index in [9.17, 15) is 0 Å². The summed E-state index contributed by atoms with van der Waals surface area (Å²) >= 11 is 3.31. The van der Waals surface area contributed by atoms with E-state index in [1.165, 1.54) is 12.8 Å². The van der Waals surface area contributed by atoms with E-state index in [0.29, 0.717) is 6.10 Å². The SMILES string of the molecule is CNc1nc(Br)ccc1OC1CC1. The molecule has 1 fully saturated rings. The lowest BCUT2D eigenvalue weighted by molar-refractivity contribution is 0.303. The van der Waals surface area contributed by atoms with E-state index in [1.54, 1.807) is 0 Å². The Morgan fingerprint density at radius 1 is 1.54 bits per heavy atom. The fraction of sp³-hybridized carbons (Fsp3) is 0.444. The summed E-state index contributed by atoms with van der Waals surface area (Å²) in [5.74, 6) is 1.63. The van der Waals surface area contributed by atoms with Crippen LogP contribution in [0.3, 0.4) is 0 Å². The maximum atomic E-state index is 5.66. The van der Waals surface area contributed by atoms with Gasteiger partial charge in [0.25, 0.3) is 0 Å². The molecule has 0 unspecified atom stereocenters. The van der Waals surface area contributed by atoms with E-state index in [-0.39, 0.29) is 0 Å². The van der Waals surface area contributed by atoms with Gasteiger partial charge in [-0.05, 0) is 40.9 Å². The predicted molar refractivity (Wildman–Crippen MR) is 55.1 cm³/mol. The molecule has 70 valence electrons. The van der Waals surface area contributed by atoms with Gasteiger partial charge in [-0.15, -0.1) is 0 Å². The van der Waals surface area contributed by atoms with Crippen LogP contribution in [0.25, 0.3) is 0 Å². The second-order valence-corrected chi connectivity index (χ2v) is 3.86. The van der Waals surface area contributed by atoms with Gasteiger partial charge in [-0.3, -0.25) is 0 Å². The first-order valence-electron chi connectivity index (χ1n) is 4.30. The zero-order valence-electron chi connectivity index (χ0n) is 7.38. The Labute approximate surface area is 85.6 Å². The van der Waals surface area contributed by atoms with Crippen LogP contribution < -0.4 is 10.1 Å². The molecule has 13 heavy (non-hydrogen) atoms. The fourth-order valence-electron chi connectivity index (χ4n) is 1.06. The molecule has 1 aliphatic rings. The topological polar surface area (TPSA) is 34.2 Å². The van der Waals surface area contributed by atoms with Crippen molar-refractivity contribution in [1.29, 1.82) is 0 Å². The molecule has 4 heteroatoms. The summed E-state index contributed by atoms with van der Waals surface area (Å²) in [5.41, 5.74) is 0. The highest BCUT2D eigenvalue weighted by Crippen LogP contribution is 2.31. The first-order valence-corrected chi connectivity index (χ1v) is 5.10. The maximum Gasteiger partial charge on any atom is 0.169 e. The lowest BCUT2D eigenvalue weighted by Gasteiger charge is -2.09. The Morgan fingerprint density at radius 3 is 2.92 bits per heavy atom. The minimum absolute atomic E-state index is 0.412. The number of pyridine rings is 1. The Morgan fingerprint density at radius 2 is 2.31 bits per heavy atom. The molecule has 1 aromatic rings. The first kappa shape index (κ1) is 8.81. The van der Waals surface area contributed by atoms with Crippen LogP contribution in [0.4, 0.5) is 5.82 Å². The summed E-state index contributed by atoms with van der Waals surface area (Å²) in [7, 11) is 1.84. The average Bonchev–Trinajstić information content (AvgIpc) is 2.92. The van der Waals surface area contributed by atoms with Gasteiger partial charge >= 0.3 is 0 Å². The van der Waals surface area contributed by atoms with E-state index >= 15 is 0 Å². The molecule has 0 bridgehead atoms. The molecule has 0 aromatic carbocycles. The summed E-state index contributed by atoms with van der Waals surface area (Å²) in [6.45, 7) is 0. The molecule has 3 nitrogen and oxygen atoms in total. The van der Waals surface area contributed by atoms with E-state index < -0.39 is 0 Å². The predicted octanol–water partition coefficient (Wildman–Crippen LogP) is 2.43. The third-order valence-corrected chi connectivity index (χ3v) is 2.32. The van der Waals surface area contributed by atoms with E-state index in [1.807, 2.05) is 19.2 Å². The third-order valence-electron chi connectivity index (χ3n) is 1.88. The van der Waals surface area contributed by atoms with E-state index in [0.717, 1.165) is 16.2 Å². The number of ether oxygens (including phenoxy) is 1. The molecule has 1 aliphatic carbocycles. The Hall–Kier alpha value is -0.770. The molecule has 0 atom stereocenters. The quantitative estimate of drug-likeness (QED) is 0.828. The van der Waals surface area contributed by atoms with Crippen molar-refractivity contribution < 1.29 is 4.74 Å². The highest BCUT2D eigenvalue weighted by atomic mass is 79.9. The minimum atomic E-state index is 0.412. The van der Waals surface area contributed by atoms with Crippen LogP contribution in [0.5, 0.6) is 5.75 Å². The number of halogens is 1. The molecule has 0 saturated heterocycles. The van der Waals surface area contributed by atoms with Crippen LogP contribution in [0.1, 0.15) is 12.8 Å². The van der Waals surface area contributed by atoms with Crippen molar-refractivity contribution in [1.82, 2.24) is 4.98 Å². The average molecular weight is 243 g/mol. The van der Waals surface area contributed by atoms with Crippen LogP contribution in [-0.2, 0) is 0 Å². The number of hydrogen-bond donors (Lipinski definition) is 1. The molecule has 0 aliphatic heterocycles. The Bertz CT molecular complexity index is 312. The van der Waals surface area contributed by atoms with Crippen molar-refractivity contribution >= 4 is 21.7 Å². The lowest BCUT2D eigenvalue weighted by atomic mass is 10.4. The number of nitrogens with zero attached hydrogens (tertiary/aromatic N) is 1. The van der Waals surface area contributed by atoms with Gasteiger partial charge in [0.15, 0.2) is 11.6 Å². The molecule has 1 heterocycles. The summed E-state index contributed by atoms with van der Waals surface area (Å²) in [6.07, 6.45) is 2.74. The molecule has 1 saturated carbocycles. The van der Waals surface area contributed by atoms with Gasteiger partial charge in [0.2, 0.25) is 0 Å². The summed E-state index contributed by atoms with van der Waals surface area (Å²) in [4.78, 5) is 4.25. The van der Waals surface area contributed by atoms with Crippen molar-refractivity contribution in [3.8, 4) is 5.75 Å². The summed E-state index contributed by atoms with van der Waals surface area (Å²) in [6, 6.07) is 3.82. The first-order chi connectivity index (χ1) is 6.29. The van der Waals surface area contributed by atoms with Gasteiger partial charge in [-0.1, -0.05) is 0 Å². The van der Waals surface area contributed by atoms with Crippen LogP contribution in [-0.4, -0.2) is 18.1 Å². The smallest absolute Gasteiger partial charge is 0.169 e. The van der Waals surface area contributed by atoms with Gasteiger partial charge in [-0.25, -0.2) is 4.98 Å². The van der Waals surface area contributed by atoms with Crippen LogP contribution >= 0.6 is 15.9 Å². The van der Waals surface area contributed by atoms with Gasteiger partial charge in [-0.2, -0.15) is 0 Å². The van der Waals surface area contributed by atoms with Gasteiger partial charge in [0.1, 0.15) is 4.60 Å².